The van der Waals surface area contributed by atoms with Gasteiger partial charge in [-0.05, 0) is 62.4 Å². The summed E-state index contributed by atoms with van der Waals surface area (Å²) in [6.07, 6.45) is 4.05. The second kappa shape index (κ2) is 11.4. The third kappa shape index (κ3) is 5.82. The van der Waals surface area contributed by atoms with E-state index in [2.05, 4.69) is 27.8 Å². The van der Waals surface area contributed by atoms with Crippen LogP contribution in [0.3, 0.4) is 0 Å². The minimum atomic E-state index is -0.161. The van der Waals surface area contributed by atoms with Crippen molar-refractivity contribution >= 4 is 17.6 Å². The molecule has 1 aliphatic carbocycles. The summed E-state index contributed by atoms with van der Waals surface area (Å²) in [7, 11) is 3.27. The van der Waals surface area contributed by atoms with E-state index in [0.717, 1.165) is 37.1 Å². The second-order valence-electron chi connectivity index (χ2n) is 9.62. The molecule has 3 heterocycles. The van der Waals surface area contributed by atoms with Crippen molar-refractivity contribution < 1.29 is 14.3 Å². The van der Waals surface area contributed by atoms with Gasteiger partial charge in [0, 0.05) is 19.2 Å². The van der Waals surface area contributed by atoms with Crippen molar-refractivity contribution in [3.63, 3.8) is 0 Å². The lowest BCUT2D eigenvalue weighted by Crippen LogP contribution is -2.30. The predicted molar refractivity (Wildman–Crippen MR) is 144 cm³/mol. The monoisotopic (exact) mass is 512 g/mol. The molecule has 0 bridgehead atoms. The molecule has 1 aliphatic rings. The third-order valence-corrected chi connectivity index (χ3v) is 6.84. The Hall–Kier alpha value is -4.27. The Morgan fingerprint density at radius 2 is 1.89 bits per heavy atom. The molecule has 3 aromatic heterocycles. The summed E-state index contributed by atoms with van der Waals surface area (Å²) in [6, 6.07) is 20.0. The van der Waals surface area contributed by atoms with Crippen molar-refractivity contribution in [2.24, 2.45) is 13.0 Å². The minimum Gasteiger partial charge on any atom is -0.489 e. The molecule has 0 spiro atoms. The fraction of sp³-hybridized carbons (Fsp3) is 0.345. The zero-order chi connectivity index (χ0) is 26.5. The van der Waals surface area contributed by atoms with E-state index in [0.29, 0.717) is 35.2 Å². The standard InChI is InChI=1S/C29H32N6O3/c1-19-25(38-23-13-7-11-21(18-23)29(36)37-3)16-15-24(30-19)27-28(35(2)34-33-27)32-26-14-8-12-22(31-26)17-20-9-5-4-6-10-20/h4-6,8-10,12,14-16,21,23H,7,11,13,17-18H2,1-3H3,(H,31,32)/t21-,23-/m0/s1. The molecule has 0 radical (unpaired) electrons. The number of pyridine rings is 2. The zero-order valence-corrected chi connectivity index (χ0v) is 21.9. The molecule has 2 atom stereocenters. The number of esters is 1. The Morgan fingerprint density at radius 1 is 1.05 bits per heavy atom. The lowest BCUT2D eigenvalue weighted by molar-refractivity contribution is -0.147. The van der Waals surface area contributed by atoms with Crippen LogP contribution in [0, 0.1) is 12.8 Å². The van der Waals surface area contributed by atoms with Gasteiger partial charge in [0.1, 0.15) is 11.6 Å². The summed E-state index contributed by atoms with van der Waals surface area (Å²) in [6.45, 7) is 1.91. The average molecular weight is 513 g/mol. The second-order valence-corrected chi connectivity index (χ2v) is 9.62. The first-order valence-electron chi connectivity index (χ1n) is 12.9. The highest BCUT2D eigenvalue weighted by Gasteiger charge is 2.29. The summed E-state index contributed by atoms with van der Waals surface area (Å²) in [5.74, 6) is 1.84. The maximum atomic E-state index is 12.0. The van der Waals surface area contributed by atoms with Gasteiger partial charge in [-0.15, -0.1) is 5.10 Å². The van der Waals surface area contributed by atoms with Crippen LogP contribution in [0.25, 0.3) is 11.4 Å². The molecule has 0 unspecified atom stereocenters. The SMILES string of the molecule is COC(=O)[C@H]1CCC[C@H](Oc2ccc(-c3nnn(C)c3Nc3cccc(Cc4ccccc4)n3)nc2C)C1. The first-order chi connectivity index (χ1) is 18.5. The van der Waals surface area contributed by atoms with Gasteiger partial charge in [-0.2, -0.15) is 0 Å². The fourth-order valence-corrected chi connectivity index (χ4v) is 4.86. The predicted octanol–water partition coefficient (Wildman–Crippen LogP) is 5.03. The normalized spacial score (nSPS) is 17.1. The average Bonchev–Trinajstić information content (AvgIpc) is 3.30. The van der Waals surface area contributed by atoms with Crippen LogP contribution in [-0.4, -0.2) is 44.1 Å². The van der Waals surface area contributed by atoms with E-state index in [-0.39, 0.29) is 18.0 Å². The minimum absolute atomic E-state index is 0.0396. The number of hydrogen-bond donors (Lipinski definition) is 1. The molecule has 9 nitrogen and oxygen atoms in total. The maximum absolute atomic E-state index is 12.0. The van der Waals surface area contributed by atoms with Gasteiger partial charge >= 0.3 is 5.97 Å². The number of carbonyl (C=O) groups excluding carboxylic acids is 1. The van der Waals surface area contributed by atoms with Crippen LogP contribution >= 0.6 is 0 Å². The van der Waals surface area contributed by atoms with Crippen LogP contribution < -0.4 is 10.1 Å². The van der Waals surface area contributed by atoms with Crippen molar-refractivity contribution in [1.82, 2.24) is 25.0 Å². The van der Waals surface area contributed by atoms with E-state index in [4.69, 9.17) is 19.4 Å². The van der Waals surface area contributed by atoms with E-state index < -0.39 is 0 Å². The van der Waals surface area contributed by atoms with Crippen molar-refractivity contribution in [2.75, 3.05) is 12.4 Å². The highest BCUT2D eigenvalue weighted by molar-refractivity contribution is 5.73. The Labute approximate surface area is 222 Å². The van der Waals surface area contributed by atoms with Gasteiger partial charge in [0.05, 0.1) is 30.5 Å². The van der Waals surface area contributed by atoms with Crippen molar-refractivity contribution in [2.45, 2.75) is 45.1 Å². The number of ether oxygens (including phenoxy) is 2. The van der Waals surface area contributed by atoms with E-state index in [1.54, 1.807) is 4.68 Å². The van der Waals surface area contributed by atoms with Gasteiger partial charge in [0.2, 0.25) is 0 Å². The van der Waals surface area contributed by atoms with Crippen LogP contribution in [0.1, 0.15) is 42.6 Å². The Morgan fingerprint density at radius 3 is 2.68 bits per heavy atom. The number of nitrogens with one attached hydrogen (secondary N) is 1. The summed E-state index contributed by atoms with van der Waals surface area (Å²) >= 11 is 0. The molecule has 0 saturated heterocycles. The lowest BCUT2D eigenvalue weighted by Gasteiger charge is -2.28. The molecule has 4 aromatic rings. The Bertz CT molecular complexity index is 1400. The molecule has 38 heavy (non-hydrogen) atoms. The van der Waals surface area contributed by atoms with Crippen LogP contribution in [-0.2, 0) is 23.0 Å². The summed E-state index contributed by atoms with van der Waals surface area (Å²) in [5, 5.41) is 12.0. The highest BCUT2D eigenvalue weighted by Crippen LogP contribution is 2.32. The number of hydrogen-bond acceptors (Lipinski definition) is 8. The number of methoxy groups -OCH3 is 1. The van der Waals surface area contributed by atoms with Gasteiger partial charge in [-0.3, -0.25) is 4.79 Å². The number of carbonyl (C=O) groups is 1. The van der Waals surface area contributed by atoms with Crippen LogP contribution in [0.15, 0.2) is 60.7 Å². The fourth-order valence-electron chi connectivity index (χ4n) is 4.86. The quantitative estimate of drug-likeness (QED) is 0.328. The topological polar surface area (TPSA) is 104 Å². The number of anilines is 2. The van der Waals surface area contributed by atoms with Crippen LogP contribution in [0.2, 0.25) is 0 Å². The third-order valence-electron chi connectivity index (χ3n) is 6.84. The molecule has 1 N–H and O–H groups in total. The van der Waals surface area contributed by atoms with Gasteiger partial charge in [-0.25, -0.2) is 14.6 Å². The van der Waals surface area contributed by atoms with E-state index in [1.807, 2.05) is 62.5 Å². The van der Waals surface area contributed by atoms with Gasteiger partial charge in [0.25, 0.3) is 0 Å². The number of rotatable bonds is 8. The molecular weight excluding hydrogens is 480 g/mol. The number of aryl methyl sites for hydroxylation is 2. The number of nitrogens with zero attached hydrogens (tertiary/aromatic N) is 5. The largest absolute Gasteiger partial charge is 0.489 e. The Balaban J connectivity index is 1.31. The van der Waals surface area contributed by atoms with Crippen molar-refractivity contribution in [1.29, 1.82) is 0 Å². The lowest BCUT2D eigenvalue weighted by atomic mass is 9.87. The summed E-state index contributed by atoms with van der Waals surface area (Å²) in [5.41, 5.74) is 4.23. The number of aromatic nitrogens is 5. The zero-order valence-electron chi connectivity index (χ0n) is 21.9. The maximum Gasteiger partial charge on any atom is 0.308 e. The van der Waals surface area contributed by atoms with E-state index in [1.165, 1.54) is 12.7 Å². The highest BCUT2D eigenvalue weighted by atomic mass is 16.5. The molecule has 9 heteroatoms. The molecule has 0 aliphatic heterocycles. The van der Waals surface area contributed by atoms with Crippen molar-refractivity contribution in [3.8, 4) is 17.1 Å². The molecule has 1 fully saturated rings. The van der Waals surface area contributed by atoms with E-state index >= 15 is 0 Å². The van der Waals surface area contributed by atoms with Crippen LogP contribution in [0.4, 0.5) is 11.6 Å². The Kier molecular flexibility index (Phi) is 7.62. The van der Waals surface area contributed by atoms with Gasteiger partial charge < -0.3 is 14.8 Å². The smallest absolute Gasteiger partial charge is 0.308 e. The summed E-state index contributed by atoms with van der Waals surface area (Å²) < 4.78 is 12.9. The summed E-state index contributed by atoms with van der Waals surface area (Å²) in [4.78, 5) is 21.5. The first kappa shape index (κ1) is 25.4. The number of benzene rings is 1. The van der Waals surface area contributed by atoms with Gasteiger partial charge in [0.15, 0.2) is 11.5 Å². The molecule has 1 saturated carbocycles. The molecule has 5 rings (SSSR count). The first-order valence-corrected chi connectivity index (χ1v) is 12.9. The molecule has 196 valence electrons. The molecule has 0 amide bonds. The van der Waals surface area contributed by atoms with Crippen molar-refractivity contribution in [3.05, 3.63) is 77.6 Å². The van der Waals surface area contributed by atoms with E-state index in [9.17, 15) is 4.79 Å². The van der Waals surface area contributed by atoms with Gasteiger partial charge in [-0.1, -0.05) is 41.6 Å². The molecule has 1 aromatic carbocycles. The van der Waals surface area contributed by atoms with Crippen LogP contribution in [0.5, 0.6) is 5.75 Å². The molecular formula is C29H32N6O3.